The van der Waals surface area contributed by atoms with Crippen LogP contribution in [0.5, 0.6) is 0 Å². The van der Waals surface area contributed by atoms with Crippen molar-refractivity contribution >= 4 is 17.3 Å². The second-order valence-electron chi connectivity index (χ2n) is 3.99. The first kappa shape index (κ1) is 11.5. The standard InChI is InChI=1S/C11H12N2O4/c1-7(14)11(15)12-5-4-8-2-3-9(13(16)17)6-10(8)12/h2-3,6-7,14H,4-5H2,1H3. The molecule has 1 heterocycles. The molecule has 6 heteroatoms. The van der Waals surface area contributed by atoms with Crippen molar-refractivity contribution in [2.75, 3.05) is 11.4 Å². The van der Waals surface area contributed by atoms with E-state index in [0.717, 1.165) is 5.56 Å². The maximum atomic E-state index is 11.7. The number of hydrogen-bond donors (Lipinski definition) is 1. The lowest BCUT2D eigenvalue weighted by molar-refractivity contribution is -0.384. The van der Waals surface area contributed by atoms with Gasteiger partial charge in [0, 0.05) is 18.7 Å². The van der Waals surface area contributed by atoms with E-state index >= 15 is 0 Å². The molecule has 0 fully saturated rings. The monoisotopic (exact) mass is 236 g/mol. The first-order valence-corrected chi connectivity index (χ1v) is 5.27. The van der Waals surface area contributed by atoms with Crippen molar-refractivity contribution in [3.8, 4) is 0 Å². The molecule has 1 aromatic rings. The highest BCUT2D eigenvalue weighted by Crippen LogP contribution is 2.31. The molecule has 0 radical (unpaired) electrons. The third kappa shape index (κ3) is 1.99. The molecule has 1 N–H and O–H groups in total. The Morgan fingerprint density at radius 3 is 2.88 bits per heavy atom. The Hall–Kier alpha value is -1.95. The number of benzene rings is 1. The van der Waals surface area contributed by atoms with Gasteiger partial charge in [0.15, 0.2) is 0 Å². The average Bonchev–Trinajstić information content (AvgIpc) is 2.70. The lowest BCUT2D eigenvalue weighted by Crippen LogP contribution is -2.36. The Morgan fingerprint density at radius 2 is 2.29 bits per heavy atom. The van der Waals surface area contributed by atoms with Crippen molar-refractivity contribution in [1.82, 2.24) is 0 Å². The predicted molar refractivity (Wildman–Crippen MR) is 60.8 cm³/mol. The number of carbonyl (C=O) groups excluding carboxylic acids is 1. The number of nitrogens with zero attached hydrogens (tertiary/aromatic N) is 2. The fourth-order valence-corrected chi connectivity index (χ4v) is 1.94. The van der Waals surface area contributed by atoms with Gasteiger partial charge in [-0.3, -0.25) is 14.9 Å². The molecule has 2 rings (SSSR count). The molecule has 1 aliphatic heterocycles. The molecule has 0 spiro atoms. The highest BCUT2D eigenvalue weighted by Gasteiger charge is 2.28. The molecule has 0 bridgehead atoms. The normalized spacial score (nSPS) is 15.5. The van der Waals surface area contributed by atoms with Crippen LogP contribution in [0.4, 0.5) is 11.4 Å². The van der Waals surface area contributed by atoms with E-state index in [1.54, 1.807) is 6.07 Å². The SMILES string of the molecule is CC(O)C(=O)N1CCc2ccc([N+](=O)[O-])cc21. The van der Waals surface area contributed by atoms with Crippen molar-refractivity contribution in [3.63, 3.8) is 0 Å². The molecular formula is C11H12N2O4. The van der Waals surface area contributed by atoms with E-state index in [1.807, 2.05) is 0 Å². The summed E-state index contributed by atoms with van der Waals surface area (Å²) in [6, 6.07) is 4.46. The molecule has 17 heavy (non-hydrogen) atoms. The number of non-ortho nitro benzene ring substituents is 1. The zero-order chi connectivity index (χ0) is 12.6. The van der Waals surface area contributed by atoms with E-state index < -0.39 is 16.9 Å². The Labute approximate surface area is 97.6 Å². The van der Waals surface area contributed by atoms with E-state index in [9.17, 15) is 20.0 Å². The van der Waals surface area contributed by atoms with Crippen LogP contribution in [0.3, 0.4) is 0 Å². The fourth-order valence-electron chi connectivity index (χ4n) is 1.94. The van der Waals surface area contributed by atoms with Crippen LogP contribution in [-0.4, -0.2) is 28.6 Å². The number of nitro groups is 1. The molecular weight excluding hydrogens is 224 g/mol. The van der Waals surface area contributed by atoms with Crippen molar-refractivity contribution in [2.24, 2.45) is 0 Å². The number of amides is 1. The molecule has 1 atom stereocenters. The van der Waals surface area contributed by atoms with E-state index in [1.165, 1.54) is 24.0 Å². The lowest BCUT2D eigenvalue weighted by Gasteiger charge is -2.18. The van der Waals surface area contributed by atoms with Gasteiger partial charge in [-0.05, 0) is 18.9 Å². The molecule has 0 saturated heterocycles. The topological polar surface area (TPSA) is 83.7 Å². The Kier molecular flexibility index (Phi) is 2.81. The fraction of sp³-hybridized carbons (Fsp3) is 0.364. The largest absolute Gasteiger partial charge is 0.384 e. The van der Waals surface area contributed by atoms with Gasteiger partial charge in [0.2, 0.25) is 0 Å². The molecule has 0 aromatic heterocycles. The van der Waals surface area contributed by atoms with Crippen molar-refractivity contribution in [2.45, 2.75) is 19.4 Å². The van der Waals surface area contributed by atoms with Gasteiger partial charge >= 0.3 is 0 Å². The number of anilines is 1. The number of hydrogen-bond acceptors (Lipinski definition) is 4. The molecule has 1 unspecified atom stereocenters. The van der Waals surface area contributed by atoms with E-state index in [0.29, 0.717) is 18.7 Å². The number of nitro benzene ring substituents is 1. The van der Waals surface area contributed by atoms with Gasteiger partial charge in [-0.2, -0.15) is 0 Å². The Bertz CT molecular complexity index is 484. The van der Waals surface area contributed by atoms with Gasteiger partial charge < -0.3 is 10.0 Å². The van der Waals surface area contributed by atoms with Crippen LogP contribution in [-0.2, 0) is 11.2 Å². The first-order chi connectivity index (χ1) is 8.00. The summed E-state index contributed by atoms with van der Waals surface area (Å²) >= 11 is 0. The Morgan fingerprint density at radius 1 is 1.59 bits per heavy atom. The molecule has 1 amide bonds. The smallest absolute Gasteiger partial charge is 0.271 e. The molecule has 1 aromatic carbocycles. The third-order valence-electron chi connectivity index (χ3n) is 2.80. The van der Waals surface area contributed by atoms with Crippen molar-refractivity contribution in [3.05, 3.63) is 33.9 Å². The number of rotatable bonds is 2. The van der Waals surface area contributed by atoms with Crippen LogP contribution in [0.1, 0.15) is 12.5 Å². The second kappa shape index (κ2) is 4.14. The van der Waals surface area contributed by atoms with Crippen LogP contribution in [0, 0.1) is 10.1 Å². The summed E-state index contributed by atoms with van der Waals surface area (Å²) in [7, 11) is 0. The summed E-state index contributed by atoms with van der Waals surface area (Å²) in [5.41, 5.74) is 1.38. The highest BCUT2D eigenvalue weighted by atomic mass is 16.6. The van der Waals surface area contributed by atoms with Gasteiger partial charge in [0.05, 0.1) is 10.6 Å². The number of fused-ring (bicyclic) bond motifs is 1. The zero-order valence-electron chi connectivity index (χ0n) is 9.29. The van der Waals surface area contributed by atoms with Gasteiger partial charge in [-0.25, -0.2) is 0 Å². The first-order valence-electron chi connectivity index (χ1n) is 5.27. The van der Waals surface area contributed by atoms with E-state index in [-0.39, 0.29) is 5.69 Å². The van der Waals surface area contributed by atoms with E-state index in [4.69, 9.17) is 0 Å². The molecule has 6 nitrogen and oxygen atoms in total. The predicted octanol–water partition coefficient (Wildman–Crippen LogP) is 0.865. The van der Waals surface area contributed by atoms with Gasteiger partial charge in [0.1, 0.15) is 6.10 Å². The van der Waals surface area contributed by atoms with Crippen molar-refractivity contribution in [1.29, 1.82) is 0 Å². The average molecular weight is 236 g/mol. The number of carbonyl (C=O) groups is 1. The van der Waals surface area contributed by atoms with Gasteiger partial charge in [-0.15, -0.1) is 0 Å². The van der Waals surface area contributed by atoms with Gasteiger partial charge in [-0.1, -0.05) is 6.07 Å². The summed E-state index contributed by atoms with van der Waals surface area (Å²) in [5, 5.41) is 19.9. The maximum Gasteiger partial charge on any atom is 0.271 e. The molecule has 0 saturated carbocycles. The minimum atomic E-state index is -1.10. The quantitative estimate of drug-likeness (QED) is 0.609. The maximum absolute atomic E-state index is 11.7. The zero-order valence-corrected chi connectivity index (χ0v) is 9.29. The summed E-state index contributed by atoms with van der Waals surface area (Å²) in [6.45, 7) is 1.85. The third-order valence-corrected chi connectivity index (χ3v) is 2.80. The summed E-state index contributed by atoms with van der Waals surface area (Å²) in [6.07, 6.45) is -0.439. The number of aliphatic hydroxyl groups excluding tert-OH is 1. The van der Waals surface area contributed by atoms with Crippen LogP contribution in [0.15, 0.2) is 18.2 Å². The van der Waals surface area contributed by atoms with Crippen LogP contribution in [0.2, 0.25) is 0 Å². The van der Waals surface area contributed by atoms with Crippen LogP contribution in [0.25, 0.3) is 0 Å². The van der Waals surface area contributed by atoms with Crippen LogP contribution >= 0.6 is 0 Å². The Balaban J connectivity index is 2.39. The van der Waals surface area contributed by atoms with Gasteiger partial charge in [0.25, 0.3) is 11.6 Å². The minimum Gasteiger partial charge on any atom is -0.384 e. The van der Waals surface area contributed by atoms with E-state index in [2.05, 4.69) is 0 Å². The molecule has 90 valence electrons. The second-order valence-corrected chi connectivity index (χ2v) is 3.99. The lowest BCUT2D eigenvalue weighted by atomic mass is 10.1. The summed E-state index contributed by atoms with van der Waals surface area (Å²) in [4.78, 5) is 23.3. The molecule has 0 aliphatic carbocycles. The molecule has 1 aliphatic rings. The van der Waals surface area contributed by atoms with Crippen LogP contribution < -0.4 is 4.90 Å². The summed E-state index contributed by atoms with van der Waals surface area (Å²) < 4.78 is 0. The minimum absolute atomic E-state index is 0.0472. The number of aliphatic hydroxyl groups is 1. The highest BCUT2D eigenvalue weighted by molar-refractivity contribution is 5.98. The van der Waals surface area contributed by atoms with Crippen molar-refractivity contribution < 1.29 is 14.8 Å². The summed E-state index contributed by atoms with van der Waals surface area (Å²) in [5.74, 6) is -0.427.